The summed E-state index contributed by atoms with van der Waals surface area (Å²) in [5, 5.41) is 8.86. The summed E-state index contributed by atoms with van der Waals surface area (Å²) in [5.41, 5.74) is 0.245. The number of rotatable bonds is 4. The Kier molecular flexibility index (Phi) is 4.06. The van der Waals surface area contributed by atoms with Gasteiger partial charge in [-0.15, -0.1) is 0 Å². The fourth-order valence-corrected chi connectivity index (χ4v) is 1.82. The van der Waals surface area contributed by atoms with Crippen molar-refractivity contribution in [3.05, 3.63) is 27.7 Å². The number of hydrogen-bond acceptors (Lipinski definition) is 5. The van der Waals surface area contributed by atoms with Gasteiger partial charge in [0.05, 0.1) is 12.3 Å². The lowest BCUT2D eigenvalue weighted by atomic mass is 10.4. The van der Waals surface area contributed by atoms with Crippen LogP contribution in [-0.4, -0.2) is 22.7 Å². The number of aliphatic hydroxyl groups excluding tert-OH is 1. The average molecular weight is 234 g/mol. The van der Waals surface area contributed by atoms with E-state index >= 15 is 0 Å². The summed E-state index contributed by atoms with van der Waals surface area (Å²) in [6.07, 6.45) is 1.46. The number of carbonyl (C=O) groups is 1. The van der Waals surface area contributed by atoms with Crippen LogP contribution in [0.3, 0.4) is 0 Å². The van der Waals surface area contributed by atoms with Gasteiger partial charge in [-0.1, -0.05) is 35.6 Å². The molecule has 4 nitrogen and oxygen atoms in total. The second-order valence-electron chi connectivity index (χ2n) is 2.29. The molecule has 0 bridgehead atoms. The zero-order chi connectivity index (χ0) is 10.6. The molecule has 0 fully saturated rings. The second kappa shape index (κ2) is 5.09. The van der Waals surface area contributed by atoms with Crippen molar-refractivity contribution in [2.75, 3.05) is 6.61 Å². The quantitative estimate of drug-likeness (QED) is 0.634. The Morgan fingerprint density at radius 3 is 3.07 bits per heavy atom. The van der Waals surface area contributed by atoms with Crippen molar-refractivity contribution >= 4 is 28.9 Å². The lowest BCUT2D eigenvalue weighted by Crippen LogP contribution is -2.05. The molecule has 6 heteroatoms. The molecule has 0 unspecified atom stereocenters. The van der Waals surface area contributed by atoms with Gasteiger partial charge >= 0.3 is 5.97 Å². The van der Waals surface area contributed by atoms with Gasteiger partial charge in [0.1, 0.15) is 11.5 Å². The molecule has 76 valence electrons. The van der Waals surface area contributed by atoms with Gasteiger partial charge in [-0.2, -0.15) is 0 Å². The minimum atomic E-state index is -0.543. The zero-order valence-electron chi connectivity index (χ0n) is 7.20. The van der Waals surface area contributed by atoms with Gasteiger partial charge in [0, 0.05) is 0 Å². The Balaban J connectivity index is 2.82. The molecule has 0 amide bonds. The number of aliphatic hydroxyl groups is 1. The monoisotopic (exact) mass is 233 g/mol. The van der Waals surface area contributed by atoms with E-state index in [4.69, 9.17) is 21.4 Å². The highest BCUT2D eigenvalue weighted by Crippen LogP contribution is 2.23. The summed E-state index contributed by atoms with van der Waals surface area (Å²) in [4.78, 5) is 15.3. The van der Waals surface area contributed by atoms with Crippen LogP contribution in [0.25, 0.3) is 0 Å². The highest BCUT2D eigenvalue weighted by Gasteiger charge is 2.17. The molecule has 0 spiro atoms. The molecule has 0 aliphatic rings. The summed E-state index contributed by atoms with van der Waals surface area (Å²) < 4.78 is 4.98. The molecule has 0 radical (unpaired) electrons. The first-order valence-corrected chi connectivity index (χ1v) is 4.92. The first-order valence-electron chi connectivity index (χ1n) is 3.73. The lowest BCUT2D eigenvalue weighted by Gasteiger charge is -1.99. The molecule has 14 heavy (non-hydrogen) atoms. The van der Waals surface area contributed by atoms with E-state index in [0.29, 0.717) is 0 Å². The summed E-state index contributed by atoms with van der Waals surface area (Å²) in [6, 6.07) is 0. The molecule has 1 aromatic rings. The Morgan fingerprint density at radius 1 is 1.79 bits per heavy atom. The van der Waals surface area contributed by atoms with Crippen LogP contribution in [0.15, 0.2) is 12.7 Å². The number of hydrogen-bond donors (Lipinski definition) is 1. The van der Waals surface area contributed by atoms with Crippen LogP contribution in [0.1, 0.15) is 15.4 Å². The maximum Gasteiger partial charge on any atom is 0.350 e. The maximum atomic E-state index is 11.3. The van der Waals surface area contributed by atoms with E-state index < -0.39 is 5.97 Å². The van der Waals surface area contributed by atoms with E-state index in [2.05, 4.69) is 11.6 Å². The maximum absolute atomic E-state index is 11.3. The van der Waals surface area contributed by atoms with Crippen LogP contribution in [0.4, 0.5) is 0 Å². The first kappa shape index (κ1) is 11.2. The molecule has 0 saturated heterocycles. The van der Waals surface area contributed by atoms with Crippen LogP contribution in [0.5, 0.6) is 0 Å². The van der Waals surface area contributed by atoms with Gasteiger partial charge in [-0.3, -0.25) is 0 Å². The molecule has 1 heterocycles. The molecular weight excluding hydrogens is 226 g/mol. The predicted octanol–water partition coefficient (Wildman–Crippen LogP) is 1.63. The predicted molar refractivity (Wildman–Crippen MR) is 53.5 cm³/mol. The number of halogens is 1. The van der Waals surface area contributed by atoms with Crippen LogP contribution in [0.2, 0.25) is 4.47 Å². The van der Waals surface area contributed by atoms with Gasteiger partial charge in [-0.05, 0) is 0 Å². The number of thiazole rings is 1. The minimum Gasteiger partial charge on any atom is -0.457 e. The van der Waals surface area contributed by atoms with Crippen LogP contribution in [-0.2, 0) is 11.3 Å². The van der Waals surface area contributed by atoms with E-state index in [9.17, 15) is 4.79 Å². The van der Waals surface area contributed by atoms with Crippen LogP contribution >= 0.6 is 22.9 Å². The molecular formula is C8H8ClNO3S. The van der Waals surface area contributed by atoms with Crippen molar-refractivity contribution in [3.8, 4) is 0 Å². The van der Waals surface area contributed by atoms with Gasteiger partial charge in [0.15, 0.2) is 4.47 Å². The Morgan fingerprint density at radius 2 is 2.50 bits per heavy atom. The molecule has 0 aliphatic heterocycles. The largest absolute Gasteiger partial charge is 0.457 e. The van der Waals surface area contributed by atoms with Crippen molar-refractivity contribution in [2.45, 2.75) is 6.61 Å². The van der Waals surface area contributed by atoms with E-state index in [1.54, 1.807) is 0 Å². The van der Waals surface area contributed by atoms with E-state index in [1.807, 2.05) is 0 Å². The first-order chi connectivity index (χ1) is 6.69. The SMILES string of the molecule is C=CCOC(=O)c1sc(Cl)nc1CO. The van der Waals surface area contributed by atoms with Gasteiger partial charge < -0.3 is 9.84 Å². The van der Waals surface area contributed by atoms with E-state index in [-0.39, 0.29) is 28.3 Å². The average Bonchev–Trinajstić information content (AvgIpc) is 2.56. The third-order valence-electron chi connectivity index (χ3n) is 1.34. The Bertz CT molecular complexity index is 350. The lowest BCUT2D eigenvalue weighted by molar-refractivity contribution is 0.0551. The van der Waals surface area contributed by atoms with Gasteiger partial charge in [0.25, 0.3) is 0 Å². The number of aromatic nitrogens is 1. The number of esters is 1. The third-order valence-corrected chi connectivity index (χ3v) is 2.52. The van der Waals surface area contributed by atoms with Crippen molar-refractivity contribution in [1.29, 1.82) is 0 Å². The summed E-state index contributed by atoms with van der Waals surface area (Å²) in [6.45, 7) is 3.20. The molecule has 1 N–H and O–H groups in total. The molecule has 0 aliphatic carbocycles. The Hall–Kier alpha value is -0.910. The normalized spacial score (nSPS) is 9.86. The second-order valence-corrected chi connectivity index (χ2v) is 3.87. The van der Waals surface area contributed by atoms with Crippen molar-refractivity contribution in [3.63, 3.8) is 0 Å². The smallest absolute Gasteiger partial charge is 0.350 e. The fraction of sp³-hybridized carbons (Fsp3) is 0.250. The van der Waals surface area contributed by atoms with Crippen molar-refractivity contribution in [2.24, 2.45) is 0 Å². The number of carbonyl (C=O) groups excluding carboxylic acids is 1. The minimum absolute atomic E-state index is 0.124. The van der Waals surface area contributed by atoms with Crippen LogP contribution < -0.4 is 0 Å². The zero-order valence-corrected chi connectivity index (χ0v) is 8.77. The molecule has 0 saturated carbocycles. The molecule has 0 aromatic carbocycles. The third kappa shape index (κ3) is 2.54. The van der Waals surface area contributed by atoms with Gasteiger partial charge in [0.2, 0.25) is 0 Å². The summed E-state index contributed by atoms with van der Waals surface area (Å²) >= 11 is 6.57. The highest BCUT2D eigenvalue weighted by atomic mass is 35.5. The number of nitrogens with zero attached hydrogens (tertiary/aromatic N) is 1. The number of ether oxygens (including phenoxy) is 1. The molecule has 1 rings (SSSR count). The highest BCUT2D eigenvalue weighted by molar-refractivity contribution is 7.17. The standard InChI is InChI=1S/C8H8ClNO3S/c1-2-3-13-7(12)6-5(4-11)10-8(9)14-6/h2,11H,1,3-4H2. The van der Waals surface area contributed by atoms with Gasteiger partial charge in [-0.25, -0.2) is 9.78 Å². The summed E-state index contributed by atoms with van der Waals surface area (Å²) in [5.74, 6) is -0.543. The van der Waals surface area contributed by atoms with E-state index in [1.165, 1.54) is 6.08 Å². The van der Waals surface area contributed by atoms with Crippen molar-refractivity contribution < 1.29 is 14.6 Å². The topological polar surface area (TPSA) is 59.4 Å². The van der Waals surface area contributed by atoms with Crippen LogP contribution in [0, 0.1) is 0 Å². The molecule has 0 atom stereocenters. The Labute approximate surface area is 89.8 Å². The molecule has 1 aromatic heterocycles. The fourth-order valence-electron chi connectivity index (χ4n) is 0.790. The van der Waals surface area contributed by atoms with Crippen molar-refractivity contribution in [1.82, 2.24) is 4.98 Å². The van der Waals surface area contributed by atoms with E-state index in [0.717, 1.165) is 11.3 Å². The summed E-state index contributed by atoms with van der Waals surface area (Å²) in [7, 11) is 0.